The van der Waals surface area contributed by atoms with Crippen LogP contribution in [0.5, 0.6) is 0 Å². The van der Waals surface area contributed by atoms with Gasteiger partial charge in [0.2, 0.25) is 5.91 Å². The van der Waals surface area contributed by atoms with Crippen LogP contribution in [0.4, 0.5) is 0 Å². The number of carbonyl (C=O) groups is 1. The lowest BCUT2D eigenvalue weighted by Crippen LogP contribution is -2.50. The van der Waals surface area contributed by atoms with Crippen LogP contribution in [0.1, 0.15) is 58.8 Å². The monoisotopic (exact) mass is 294 g/mol. The molecule has 21 heavy (non-hydrogen) atoms. The summed E-state index contributed by atoms with van der Waals surface area (Å²) in [6.07, 6.45) is 8.58. The molecule has 3 atom stereocenters. The lowest BCUT2D eigenvalue weighted by molar-refractivity contribution is -0.134. The highest BCUT2D eigenvalue weighted by molar-refractivity contribution is 5.84. The molecule has 1 saturated carbocycles. The van der Waals surface area contributed by atoms with Crippen LogP contribution in [-0.2, 0) is 9.53 Å². The van der Waals surface area contributed by atoms with E-state index in [1.54, 1.807) is 0 Å². The van der Waals surface area contributed by atoms with Crippen molar-refractivity contribution in [1.29, 1.82) is 0 Å². The van der Waals surface area contributed by atoms with Gasteiger partial charge in [0, 0.05) is 19.3 Å². The molecule has 2 aliphatic heterocycles. The molecule has 0 radical (unpaired) electrons. The smallest absolute Gasteiger partial charge is 0.241 e. The molecule has 4 nitrogen and oxygen atoms in total. The maximum absolute atomic E-state index is 12.8. The van der Waals surface area contributed by atoms with E-state index in [1.807, 2.05) is 0 Å². The minimum Gasteiger partial charge on any atom is -0.381 e. The van der Waals surface area contributed by atoms with Crippen molar-refractivity contribution in [3.05, 3.63) is 0 Å². The molecule has 0 aromatic carbocycles. The van der Waals surface area contributed by atoms with Crippen molar-refractivity contribution in [3.8, 4) is 0 Å². The van der Waals surface area contributed by atoms with Crippen molar-refractivity contribution in [2.45, 2.75) is 77.0 Å². The molecule has 3 fully saturated rings. The molecule has 1 N–H and O–H groups in total. The Balaban J connectivity index is 1.75. The summed E-state index contributed by atoms with van der Waals surface area (Å²) in [4.78, 5) is 15.0. The first-order valence-electron chi connectivity index (χ1n) is 8.88. The van der Waals surface area contributed by atoms with Gasteiger partial charge in [0.05, 0.1) is 12.2 Å². The van der Waals surface area contributed by atoms with Crippen molar-refractivity contribution >= 4 is 5.91 Å². The van der Waals surface area contributed by atoms with E-state index in [2.05, 4.69) is 24.1 Å². The van der Waals surface area contributed by atoms with Crippen LogP contribution in [-0.4, -0.2) is 42.3 Å². The highest BCUT2D eigenvalue weighted by Crippen LogP contribution is 2.35. The van der Waals surface area contributed by atoms with E-state index in [1.165, 1.54) is 25.7 Å². The fraction of sp³-hybridized carbons (Fsp3) is 0.941. The number of carbonyl (C=O) groups excluding carboxylic acids is 1. The predicted octanol–water partition coefficient (Wildman–Crippen LogP) is 2.53. The van der Waals surface area contributed by atoms with E-state index in [-0.39, 0.29) is 12.2 Å². The largest absolute Gasteiger partial charge is 0.381 e. The van der Waals surface area contributed by atoms with Gasteiger partial charge < -0.3 is 9.64 Å². The first-order chi connectivity index (χ1) is 10.2. The van der Waals surface area contributed by atoms with Gasteiger partial charge in [0.25, 0.3) is 0 Å². The van der Waals surface area contributed by atoms with Crippen molar-refractivity contribution in [2.75, 3.05) is 13.2 Å². The Morgan fingerprint density at radius 1 is 1.24 bits per heavy atom. The third kappa shape index (κ3) is 2.98. The molecule has 3 aliphatic rings. The number of amides is 1. The second-order valence-electron chi connectivity index (χ2n) is 7.05. The van der Waals surface area contributed by atoms with Crippen molar-refractivity contribution in [2.24, 2.45) is 11.8 Å². The van der Waals surface area contributed by atoms with E-state index in [9.17, 15) is 4.79 Å². The Hall–Kier alpha value is -0.610. The number of hydrogen-bond acceptors (Lipinski definition) is 3. The van der Waals surface area contributed by atoms with Gasteiger partial charge >= 0.3 is 0 Å². The molecule has 0 bridgehead atoms. The number of hydrogen-bond donors (Lipinski definition) is 1. The average molecular weight is 294 g/mol. The molecule has 4 heteroatoms. The summed E-state index contributed by atoms with van der Waals surface area (Å²) >= 11 is 0. The highest BCUT2D eigenvalue weighted by Gasteiger charge is 2.45. The number of nitrogens with zero attached hydrogens (tertiary/aromatic N) is 1. The lowest BCUT2D eigenvalue weighted by Gasteiger charge is -2.39. The molecule has 0 spiro atoms. The molecule has 120 valence electrons. The zero-order valence-corrected chi connectivity index (χ0v) is 13.5. The van der Waals surface area contributed by atoms with Crippen molar-refractivity contribution in [1.82, 2.24) is 10.2 Å². The van der Waals surface area contributed by atoms with E-state index in [0.29, 0.717) is 23.8 Å². The van der Waals surface area contributed by atoms with Gasteiger partial charge in [0.1, 0.15) is 0 Å². The summed E-state index contributed by atoms with van der Waals surface area (Å²) < 4.78 is 5.49. The van der Waals surface area contributed by atoms with Gasteiger partial charge in [-0.25, -0.2) is 0 Å². The van der Waals surface area contributed by atoms with Crippen LogP contribution in [0.15, 0.2) is 0 Å². The van der Waals surface area contributed by atoms with Gasteiger partial charge in [0.15, 0.2) is 0 Å². The van der Waals surface area contributed by atoms with Crippen molar-refractivity contribution in [3.63, 3.8) is 0 Å². The van der Waals surface area contributed by atoms with Crippen molar-refractivity contribution < 1.29 is 9.53 Å². The quantitative estimate of drug-likeness (QED) is 0.866. The Morgan fingerprint density at radius 2 is 1.90 bits per heavy atom. The SMILES string of the molecule is CCC1NC(C2CCCC2)N(C(C)C2CCOCC2)C1=O. The Bertz CT molecular complexity index is 362. The van der Waals surface area contributed by atoms with E-state index in [0.717, 1.165) is 32.5 Å². The Kier molecular flexibility index (Phi) is 4.85. The molecule has 2 saturated heterocycles. The predicted molar refractivity (Wildman–Crippen MR) is 82.8 cm³/mol. The second kappa shape index (κ2) is 6.66. The van der Waals surface area contributed by atoms with Crippen LogP contribution in [0.3, 0.4) is 0 Å². The van der Waals surface area contributed by atoms with E-state index >= 15 is 0 Å². The summed E-state index contributed by atoms with van der Waals surface area (Å²) in [7, 11) is 0. The fourth-order valence-corrected chi connectivity index (χ4v) is 4.48. The normalized spacial score (nSPS) is 33.8. The molecule has 1 aliphatic carbocycles. The third-order valence-electron chi connectivity index (χ3n) is 5.87. The van der Waals surface area contributed by atoms with E-state index < -0.39 is 0 Å². The number of ether oxygens (including phenoxy) is 1. The van der Waals surface area contributed by atoms with Crippen LogP contribution in [0.2, 0.25) is 0 Å². The Morgan fingerprint density at radius 3 is 2.52 bits per heavy atom. The summed E-state index contributed by atoms with van der Waals surface area (Å²) in [6, 6.07) is 0.383. The van der Waals surface area contributed by atoms with Crippen LogP contribution in [0.25, 0.3) is 0 Å². The minimum absolute atomic E-state index is 0.0397. The molecule has 3 rings (SSSR count). The molecular formula is C17H30N2O2. The van der Waals surface area contributed by atoms with Crippen LogP contribution < -0.4 is 5.32 Å². The van der Waals surface area contributed by atoms with Gasteiger partial charge in [-0.2, -0.15) is 0 Å². The molecule has 0 aromatic heterocycles. The minimum atomic E-state index is 0.0397. The molecule has 0 aromatic rings. The first kappa shape index (κ1) is 15.3. The standard InChI is InChI=1S/C17H30N2O2/c1-3-15-17(20)19(12(2)13-8-10-21-11-9-13)16(18-15)14-6-4-5-7-14/h12-16,18H,3-11H2,1-2H3. The maximum atomic E-state index is 12.8. The molecule has 2 heterocycles. The molecule has 1 amide bonds. The molecular weight excluding hydrogens is 264 g/mol. The molecule has 3 unspecified atom stereocenters. The Labute approximate surface area is 128 Å². The maximum Gasteiger partial charge on any atom is 0.241 e. The highest BCUT2D eigenvalue weighted by atomic mass is 16.5. The number of rotatable bonds is 4. The third-order valence-corrected chi connectivity index (χ3v) is 5.87. The van der Waals surface area contributed by atoms with Gasteiger partial charge in [-0.1, -0.05) is 19.8 Å². The number of nitrogens with one attached hydrogen (secondary N) is 1. The van der Waals surface area contributed by atoms with E-state index in [4.69, 9.17) is 4.74 Å². The summed E-state index contributed by atoms with van der Waals surface area (Å²) in [5, 5.41) is 3.65. The average Bonchev–Trinajstić information content (AvgIpc) is 3.15. The second-order valence-corrected chi connectivity index (χ2v) is 7.05. The van der Waals surface area contributed by atoms with Gasteiger partial charge in [-0.3, -0.25) is 10.1 Å². The topological polar surface area (TPSA) is 41.6 Å². The fourth-order valence-electron chi connectivity index (χ4n) is 4.48. The first-order valence-corrected chi connectivity index (χ1v) is 8.88. The summed E-state index contributed by atoms with van der Waals surface area (Å²) in [5.41, 5.74) is 0. The summed E-state index contributed by atoms with van der Waals surface area (Å²) in [5.74, 6) is 1.60. The zero-order chi connectivity index (χ0) is 14.8. The van der Waals surface area contributed by atoms with Crippen LogP contribution >= 0.6 is 0 Å². The zero-order valence-electron chi connectivity index (χ0n) is 13.5. The van der Waals surface area contributed by atoms with Gasteiger partial charge in [-0.05, 0) is 50.9 Å². The van der Waals surface area contributed by atoms with Gasteiger partial charge in [-0.15, -0.1) is 0 Å². The summed E-state index contributed by atoms with van der Waals surface area (Å²) in [6.45, 7) is 6.09. The lowest BCUT2D eigenvalue weighted by atomic mass is 9.90. The van der Waals surface area contributed by atoms with Crippen LogP contribution in [0, 0.1) is 11.8 Å².